The molecule has 0 bridgehead atoms. The maximum absolute atomic E-state index is 12.2. The average Bonchev–Trinajstić information content (AvgIpc) is 3.05. The van der Waals surface area contributed by atoms with E-state index in [-0.39, 0.29) is 18.0 Å². The molecule has 3 rings (SSSR count). The van der Waals surface area contributed by atoms with Gasteiger partial charge in [-0.15, -0.1) is 0 Å². The van der Waals surface area contributed by atoms with E-state index in [1.165, 1.54) is 0 Å². The largest absolute Gasteiger partial charge is 0.487 e. The maximum Gasteiger partial charge on any atom is 0.319 e. The predicted molar refractivity (Wildman–Crippen MR) is 102 cm³/mol. The molecule has 3 amide bonds. The van der Waals surface area contributed by atoms with Crippen LogP contribution in [0.2, 0.25) is 0 Å². The highest BCUT2D eigenvalue weighted by molar-refractivity contribution is 5.89. The molecule has 0 spiro atoms. The molecular formula is C20H24N4O3. The van der Waals surface area contributed by atoms with Gasteiger partial charge in [-0.2, -0.15) is 0 Å². The molecule has 2 N–H and O–H groups in total. The van der Waals surface area contributed by atoms with Gasteiger partial charge in [0, 0.05) is 43.5 Å². The topological polar surface area (TPSA) is 83.6 Å². The Balaban J connectivity index is 1.48. The number of benzene rings is 1. The van der Waals surface area contributed by atoms with Gasteiger partial charge in [0.1, 0.15) is 12.4 Å². The number of carbonyl (C=O) groups excluding carboxylic acids is 2. The number of amides is 3. The number of carbonyl (C=O) groups is 2. The Morgan fingerprint density at radius 2 is 2.19 bits per heavy atom. The number of rotatable bonds is 7. The van der Waals surface area contributed by atoms with Crippen LogP contribution < -0.4 is 15.4 Å². The molecule has 1 aromatic carbocycles. The van der Waals surface area contributed by atoms with Gasteiger partial charge >= 0.3 is 6.03 Å². The second-order valence-electron chi connectivity index (χ2n) is 6.58. The highest BCUT2D eigenvalue weighted by atomic mass is 16.5. The van der Waals surface area contributed by atoms with Crippen LogP contribution in [0.4, 0.5) is 10.5 Å². The smallest absolute Gasteiger partial charge is 0.319 e. The fourth-order valence-corrected chi connectivity index (χ4v) is 2.97. The zero-order chi connectivity index (χ0) is 19.1. The van der Waals surface area contributed by atoms with Crippen molar-refractivity contribution in [1.82, 2.24) is 15.2 Å². The third-order valence-corrected chi connectivity index (χ3v) is 4.25. The fraction of sp³-hybridized carbons (Fsp3) is 0.350. The molecule has 0 radical (unpaired) electrons. The normalized spacial score (nSPS) is 14.7. The van der Waals surface area contributed by atoms with Gasteiger partial charge in [0.05, 0.1) is 5.69 Å². The molecule has 1 atom stereocenters. The summed E-state index contributed by atoms with van der Waals surface area (Å²) in [5, 5.41) is 5.66. The van der Waals surface area contributed by atoms with Gasteiger partial charge in [-0.25, -0.2) is 4.79 Å². The molecule has 142 valence electrons. The van der Waals surface area contributed by atoms with Gasteiger partial charge in [-0.1, -0.05) is 12.1 Å². The summed E-state index contributed by atoms with van der Waals surface area (Å²) in [7, 11) is 0. The first-order chi connectivity index (χ1) is 13.1. The van der Waals surface area contributed by atoms with Crippen molar-refractivity contribution >= 4 is 17.6 Å². The molecule has 1 saturated heterocycles. The van der Waals surface area contributed by atoms with Crippen molar-refractivity contribution in [2.24, 2.45) is 0 Å². The molecule has 7 heteroatoms. The molecule has 27 heavy (non-hydrogen) atoms. The number of pyridine rings is 1. The lowest BCUT2D eigenvalue weighted by molar-refractivity contribution is -0.127. The quantitative estimate of drug-likeness (QED) is 0.787. The first-order valence-electron chi connectivity index (χ1n) is 9.08. The summed E-state index contributed by atoms with van der Waals surface area (Å²) in [4.78, 5) is 29.9. The van der Waals surface area contributed by atoms with Crippen LogP contribution in [0.3, 0.4) is 0 Å². The van der Waals surface area contributed by atoms with Gasteiger partial charge in [0.15, 0.2) is 0 Å². The second-order valence-corrected chi connectivity index (χ2v) is 6.58. The Bertz CT molecular complexity index is 782. The SMILES string of the molecule is C[C@H](CN1CCCC1=O)NC(=O)Nc1cccc(OCc2ccccn2)c1. The monoisotopic (exact) mass is 368 g/mol. The summed E-state index contributed by atoms with van der Waals surface area (Å²) < 4.78 is 5.72. The number of nitrogens with one attached hydrogen (secondary N) is 2. The fourth-order valence-electron chi connectivity index (χ4n) is 2.97. The summed E-state index contributed by atoms with van der Waals surface area (Å²) in [6.07, 6.45) is 3.21. The Hall–Kier alpha value is -3.09. The molecule has 1 aromatic heterocycles. The zero-order valence-corrected chi connectivity index (χ0v) is 15.4. The molecular weight excluding hydrogens is 344 g/mol. The number of nitrogens with zero attached hydrogens (tertiary/aromatic N) is 2. The predicted octanol–water partition coefficient (Wildman–Crippen LogP) is 2.79. The van der Waals surface area contributed by atoms with Gasteiger partial charge in [-0.3, -0.25) is 9.78 Å². The van der Waals surface area contributed by atoms with Gasteiger partial charge in [0.2, 0.25) is 5.91 Å². The molecule has 7 nitrogen and oxygen atoms in total. The van der Waals surface area contributed by atoms with E-state index in [0.717, 1.165) is 18.7 Å². The van der Waals surface area contributed by atoms with Crippen LogP contribution in [-0.2, 0) is 11.4 Å². The lowest BCUT2D eigenvalue weighted by Crippen LogP contribution is -2.44. The summed E-state index contributed by atoms with van der Waals surface area (Å²) in [5.41, 5.74) is 1.47. The summed E-state index contributed by atoms with van der Waals surface area (Å²) in [6.45, 7) is 3.54. The Kier molecular flexibility index (Phi) is 6.25. The zero-order valence-electron chi connectivity index (χ0n) is 15.4. The number of likely N-dealkylation sites (tertiary alicyclic amines) is 1. The summed E-state index contributed by atoms with van der Waals surface area (Å²) >= 11 is 0. The third kappa shape index (κ3) is 5.70. The Morgan fingerprint density at radius 1 is 1.30 bits per heavy atom. The molecule has 0 saturated carbocycles. The average molecular weight is 368 g/mol. The van der Waals surface area contributed by atoms with E-state index < -0.39 is 0 Å². The number of hydrogen-bond donors (Lipinski definition) is 2. The lowest BCUT2D eigenvalue weighted by Gasteiger charge is -2.21. The van der Waals surface area contributed by atoms with Crippen LogP contribution in [0.25, 0.3) is 0 Å². The molecule has 0 aliphatic carbocycles. The van der Waals surface area contributed by atoms with Crippen molar-refractivity contribution in [3.8, 4) is 5.75 Å². The summed E-state index contributed by atoms with van der Waals surface area (Å²) in [6, 6.07) is 12.4. The van der Waals surface area contributed by atoms with Crippen molar-refractivity contribution in [2.75, 3.05) is 18.4 Å². The lowest BCUT2D eigenvalue weighted by atomic mass is 10.3. The van der Waals surface area contributed by atoms with E-state index in [1.807, 2.05) is 37.3 Å². The minimum absolute atomic E-state index is 0.129. The third-order valence-electron chi connectivity index (χ3n) is 4.25. The van der Waals surface area contributed by atoms with E-state index in [0.29, 0.717) is 31.0 Å². The van der Waals surface area contributed by atoms with Crippen LogP contribution in [0.5, 0.6) is 5.75 Å². The van der Waals surface area contributed by atoms with Crippen LogP contribution in [0.15, 0.2) is 48.7 Å². The number of ether oxygens (including phenoxy) is 1. The minimum atomic E-state index is -0.309. The van der Waals surface area contributed by atoms with E-state index >= 15 is 0 Å². The Labute approximate surface area is 158 Å². The van der Waals surface area contributed by atoms with E-state index in [1.54, 1.807) is 23.2 Å². The minimum Gasteiger partial charge on any atom is -0.487 e. The van der Waals surface area contributed by atoms with Gasteiger partial charge in [0.25, 0.3) is 0 Å². The Morgan fingerprint density at radius 3 is 2.93 bits per heavy atom. The number of anilines is 1. The van der Waals surface area contributed by atoms with E-state index in [2.05, 4.69) is 15.6 Å². The number of urea groups is 1. The molecule has 2 aromatic rings. The standard InChI is InChI=1S/C20H24N4O3/c1-15(13-24-11-5-9-19(24)25)22-20(26)23-16-7-4-8-18(12-16)27-14-17-6-2-3-10-21-17/h2-4,6-8,10,12,15H,5,9,11,13-14H2,1H3,(H2,22,23,26)/t15-/m1/s1. The van der Waals surface area contributed by atoms with Crippen LogP contribution in [0, 0.1) is 0 Å². The molecule has 1 aliphatic rings. The van der Waals surface area contributed by atoms with Crippen LogP contribution >= 0.6 is 0 Å². The van der Waals surface area contributed by atoms with Crippen LogP contribution in [0.1, 0.15) is 25.5 Å². The van der Waals surface area contributed by atoms with E-state index in [9.17, 15) is 9.59 Å². The van der Waals surface area contributed by atoms with E-state index in [4.69, 9.17) is 4.74 Å². The van der Waals surface area contributed by atoms with Crippen molar-refractivity contribution in [3.63, 3.8) is 0 Å². The van der Waals surface area contributed by atoms with Crippen molar-refractivity contribution in [3.05, 3.63) is 54.4 Å². The molecule has 1 aliphatic heterocycles. The first-order valence-corrected chi connectivity index (χ1v) is 9.08. The molecule has 2 heterocycles. The first kappa shape index (κ1) is 18.7. The van der Waals surface area contributed by atoms with Crippen molar-refractivity contribution in [2.45, 2.75) is 32.4 Å². The highest BCUT2D eigenvalue weighted by Gasteiger charge is 2.22. The van der Waals surface area contributed by atoms with Crippen molar-refractivity contribution in [1.29, 1.82) is 0 Å². The van der Waals surface area contributed by atoms with Gasteiger partial charge < -0.3 is 20.3 Å². The molecule has 0 unspecified atom stereocenters. The molecule has 1 fully saturated rings. The highest BCUT2D eigenvalue weighted by Crippen LogP contribution is 2.18. The van der Waals surface area contributed by atoms with Crippen molar-refractivity contribution < 1.29 is 14.3 Å². The second kappa shape index (κ2) is 9.02. The van der Waals surface area contributed by atoms with Gasteiger partial charge in [-0.05, 0) is 37.6 Å². The summed E-state index contributed by atoms with van der Waals surface area (Å²) in [5.74, 6) is 0.802. The number of hydrogen-bond acceptors (Lipinski definition) is 4. The maximum atomic E-state index is 12.2. The van der Waals surface area contributed by atoms with Crippen LogP contribution in [-0.4, -0.2) is 41.0 Å². The number of aromatic nitrogens is 1.